The van der Waals surface area contributed by atoms with Gasteiger partial charge in [-0.2, -0.15) is 13.2 Å². The molecule has 0 amide bonds. The first kappa shape index (κ1) is 15.5. The zero-order valence-corrected chi connectivity index (χ0v) is 13.0. The molecule has 126 valence electrons. The Bertz CT molecular complexity index is 1000. The van der Waals surface area contributed by atoms with Gasteiger partial charge in [-0.3, -0.25) is 0 Å². The Kier molecular flexibility index (Phi) is 3.60. The van der Waals surface area contributed by atoms with Crippen molar-refractivity contribution in [3.63, 3.8) is 0 Å². The molecule has 0 bridgehead atoms. The van der Waals surface area contributed by atoms with Gasteiger partial charge >= 0.3 is 6.18 Å². The van der Waals surface area contributed by atoms with Crippen LogP contribution >= 0.6 is 0 Å². The summed E-state index contributed by atoms with van der Waals surface area (Å²) >= 11 is 0. The maximum atomic E-state index is 13.0. The fourth-order valence-electron chi connectivity index (χ4n) is 2.83. The maximum Gasteiger partial charge on any atom is 0.416 e. The molecule has 25 heavy (non-hydrogen) atoms. The van der Waals surface area contributed by atoms with E-state index in [1.54, 1.807) is 12.1 Å². The van der Waals surface area contributed by atoms with Gasteiger partial charge in [-0.1, -0.05) is 30.3 Å². The lowest BCUT2D eigenvalue weighted by molar-refractivity contribution is -0.137. The summed E-state index contributed by atoms with van der Waals surface area (Å²) in [7, 11) is 0. The Labute approximate surface area is 141 Å². The van der Waals surface area contributed by atoms with Crippen molar-refractivity contribution in [1.82, 2.24) is 9.55 Å². The quantitative estimate of drug-likeness (QED) is 0.502. The number of rotatable bonds is 3. The van der Waals surface area contributed by atoms with Gasteiger partial charge in [0, 0.05) is 6.54 Å². The van der Waals surface area contributed by atoms with Crippen LogP contribution in [0.5, 0.6) is 0 Å². The molecular formula is C19H13F3N2O. The predicted octanol–water partition coefficient (Wildman–Crippen LogP) is 5.36. The number of halogens is 3. The van der Waals surface area contributed by atoms with Crippen LogP contribution in [-0.2, 0) is 12.7 Å². The highest BCUT2D eigenvalue weighted by Gasteiger charge is 2.31. The fourth-order valence-corrected chi connectivity index (χ4v) is 2.83. The number of imidazole rings is 1. The SMILES string of the molecule is FC(F)(F)c1ccc2c(c1)nc(-c1ccco1)n2Cc1ccccc1. The zero-order chi connectivity index (χ0) is 17.4. The van der Waals surface area contributed by atoms with Crippen molar-refractivity contribution in [3.05, 3.63) is 78.1 Å². The Morgan fingerprint density at radius 3 is 2.44 bits per heavy atom. The minimum absolute atomic E-state index is 0.289. The van der Waals surface area contributed by atoms with E-state index in [1.807, 2.05) is 34.9 Å². The third kappa shape index (κ3) is 2.91. The summed E-state index contributed by atoms with van der Waals surface area (Å²) in [5.41, 5.74) is 1.23. The highest BCUT2D eigenvalue weighted by atomic mass is 19.4. The minimum atomic E-state index is -4.40. The standard InChI is InChI=1S/C19H13F3N2O/c20-19(21,22)14-8-9-16-15(11-14)23-18(17-7-4-10-25-17)24(16)12-13-5-2-1-3-6-13/h1-11H,12H2. The van der Waals surface area contributed by atoms with E-state index in [4.69, 9.17) is 4.42 Å². The van der Waals surface area contributed by atoms with Gasteiger partial charge < -0.3 is 8.98 Å². The third-order valence-corrected chi connectivity index (χ3v) is 4.00. The molecule has 0 aliphatic rings. The van der Waals surface area contributed by atoms with Gasteiger partial charge in [-0.25, -0.2) is 4.98 Å². The van der Waals surface area contributed by atoms with E-state index in [2.05, 4.69) is 4.98 Å². The summed E-state index contributed by atoms with van der Waals surface area (Å²) in [6.07, 6.45) is -2.88. The molecule has 0 aliphatic carbocycles. The van der Waals surface area contributed by atoms with Crippen molar-refractivity contribution in [1.29, 1.82) is 0 Å². The van der Waals surface area contributed by atoms with Gasteiger partial charge in [0.05, 0.1) is 22.9 Å². The summed E-state index contributed by atoms with van der Waals surface area (Å²) in [4.78, 5) is 4.39. The number of hydrogen-bond acceptors (Lipinski definition) is 2. The van der Waals surface area contributed by atoms with E-state index in [0.29, 0.717) is 23.6 Å². The van der Waals surface area contributed by atoms with Crippen LogP contribution in [0.1, 0.15) is 11.1 Å². The first-order valence-electron chi connectivity index (χ1n) is 7.68. The Morgan fingerprint density at radius 2 is 1.76 bits per heavy atom. The average molecular weight is 342 g/mol. The maximum absolute atomic E-state index is 13.0. The van der Waals surface area contributed by atoms with Crippen LogP contribution in [0.4, 0.5) is 13.2 Å². The second-order valence-electron chi connectivity index (χ2n) is 5.69. The molecule has 2 heterocycles. The number of aromatic nitrogens is 2. The molecule has 4 rings (SSSR count). The minimum Gasteiger partial charge on any atom is -0.461 e. The van der Waals surface area contributed by atoms with E-state index < -0.39 is 11.7 Å². The molecule has 0 saturated carbocycles. The van der Waals surface area contributed by atoms with Crippen molar-refractivity contribution in [2.24, 2.45) is 0 Å². The monoisotopic (exact) mass is 342 g/mol. The van der Waals surface area contributed by atoms with Gasteiger partial charge in [0.15, 0.2) is 11.6 Å². The predicted molar refractivity (Wildman–Crippen MR) is 88.0 cm³/mol. The first-order chi connectivity index (χ1) is 12.0. The van der Waals surface area contributed by atoms with E-state index in [-0.39, 0.29) is 5.52 Å². The average Bonchev–Trinajstić information content (AvgIpc) is 3.23. The summed E-state index contributed by atoms with van der Waals surface area (Å²) in [6.45, 7) is 0.485. The number of benzene rings is 2. The second-order valence-corrected chi connectivity index (χ2v) is 5.69. The van der Waals surface area contributed by atoms with Crippen molar-refractivity contribution in [2.45, 2.75) is 12.7 Å². The molecule has 0 fully saturated rings. The molecule has 0 atom stereocenters. The van der Waals surface area contributed by atoms with Crippen LogP contribution < -0.4 is 0 Å². The topological polar surface area (TPSA) is 31.0 Å². The van der Waals surface area contributed by atoms with Crippen molar-refractivity contribution in [2.75, 3.05) is 0 Å². The van der Waals surface area contributed by atoms with Crippen molar-refractivity contribution in [3.8, 4) is 11.6 Å². The lowest BCUT2D eigenvalue weighted by atomic mass is 10.2. The summed E-state index contributed by atoms with van der Waals surface area (Å²) in [5.74, 6) is 1.02. The number of alkyl halides is 3. The Hall–Kier alpha value is -3.02. The molecule has 6 heteroatoms. The zero-order valence-electron chi connectivity index (χ0n) is 13.0. The van der Waals surface area contributed by atoms with Crippen LogP contribution in [0.3, 0.4) is 0 Å². The molecule has 0 radical (unpaired) electrons. The van der Waals surface area contributed by atoms with Gasteiger partial charge in [-0.15, -0.1) is 0 Å². The highest BCUT2D eigenvalue weighted by Crippen LogP contribution is 2.33. The van der Waals surface area contributed by atoms with Crippen LogP contribution in [0.15, 0.2) is 71.3 Å². The van der Waals surface area contributed by atoms with E-state index in [9.17, 15) is 13.2 Å². The molecule has 0 unspecified atom stereocenters. The molecule has 2 aromatic carbocycles. The Morgan fingerprint density at radius 1 is 0.960 bits per heavy atom. The lowest BCUT2D eigenvalue weighted by Crippen LogP contribution is -2.05. The fraction of sp³-hybridized carbons (Fsp3) is 0.105. The lowest BCUT2D eigenvalue weighted by Gasteiger charge is -2.09. The highest BCUT2D eigenvalue weighted by molar-refractivity contribution is 5.80. The van der Waals surface area contributed by atoms with Crippen LogP contribution in [0.25, 0.3) is 22.6 Å². The van der Waals surface area contributed by atoms with E-state index in [0.717, 1.165) is 17.7 Å². The molecule has 0 spiro atoms. The van der Waals surface area contributed by atoms with Gasteiger partial charge in [-0.05, 0) is 35.9 Å². The van der Waals surface area contributed by atoms with Gasteiger partial charge in [0.1, 0.15) is 0 Å². The molecule has 3 nitrogen and oxygen atoms in total. The molecule has 0 saturated heterocycles. The molecule has 0 N–H and O–H groups in total. The van der Waals surface area contributed by atoms with Crippen LogP contribution in [-0.4, -0.2) is 9.55 Å². The molecule has 4 aromatic rings. The summed E-state index contributed by atoms with van der Waals surface area (Å²) in [5, 5.41) is 0. The largest absolute Gasteiger partial charge is 0.461 e. The van der Waals surface area contributed by atoms with Crippen LogP contribution in [0.2, 0.25) is 0 Å². The smallest absolute Gasteiger partial charge is 0.416 e. The number of nitrogens with zero attached hydrogens (tertiary/aromatic N) is 2. The van der Waals surface area contributed by atoms with Gasteiger partial charge in [0.2, 0.25) is 0 Å². The van der Waals surface area contributed by atoms with E-state index in [1.165, 1.54) is 12.3 Å². The molecule has 2 aromatic heterocycles. The summed E-state index contributed by atoms with van der Waals surface area (Å²) < 4.78 is 46.3. The molecule has 0 aliphatic heterocycles. The summed E-state index contributed by atoms with van der Waals surface area (Å²) in [6, 6.07) is 16.8. The number of hydrogen-bond donors (Lipinski definition) is 0. The second kappa shape index (κ2) is 5.81. The van der Waals surface area contributed by atoms with Crippen molar-refractivity contribution < 1.29 is 17.6 Å². The van der Waals surface area contributed by atoms with E-state index >= 15 is 0 Å². The third-order valence-electron chi connectivity index (χ3n) is 4.00. The van der Waals surface area contributed by atoms with Crippen molar-refractivity contribution >= 4 is 11.0 Å². The Balaban J connectivity index is 1.90. The first-order valence-corrected chi connectivity index (χ1v) is 7.68. The van der Waals surface area contributed by atoms with Crippen LogP contribution in [0, 0.1) is 0 Å². The molecular weight excluding hydrogens is 329 g/mol. The van der Waals surface area contributed by atoms with Gasteiger partial charge in [0.25, 0.3) is 0 Å². The number of furan rings is 1. The normalized spacial score (nSPS) is 12.0. The number of fused-ring (bicyclic) bond motifs is 1.